The van der Waals surface area contributed by atoms with Gasteiger partial charge in [0.15, 0.2) is 10.1 Å². The summed E-state index contributed by atoms with van der Waals surface area (Å²) in [6.45, 7) is 0. The molecule has 4 nitrogen and oxygen atoms in total. The largest absolute Gasteiger partial charge is 0.322 e. The molecule has 0 aliphatic rings. The Morgan fingerprint density at radius 2 is 1.44 bits per heavy atom. The second-order valence-electron chi connectivity index (χ2n) is 7.64. The van der Waals surface area contributed by atoms with Crippen LogP contribution in [0.15, 0.2) is 107 Å². The smallest absolute Gasteiger partial charge is 0.255 e. The van der Waals surface area contributed by atoms with E-state index in [9.17, 15) is 9.59 Å². The van der Waals surface area contributed by atoms with Gasteiger partial charge in [0.1, 0.15) is 0 Å². The Hall–Kier alpha value is -3.74. The second kappa shape index (κ2) is 10.0. The van der Waals surface area contributed by atoms with E-state index in [0.717, 1.165) is 31.4 Å². The van der Waals surface area contributed by atoms with Gasteiger partial charge in [-0.05, 0) is 41.5 Å². The molecule has 0 atom stereocenters. The quantitative estimate of drug-likeness (QED) is 0.198. The Morgan fingerprint density at radius 3 is 2.18 bits per heavy atom. The summed E-state index contributed by atoms with van der Waals surface area (Å²) < 4.78 is 1.80. The predicted molar refractivity (Wildman–Crippen MR) is 141 cm³/mol. The van der Waals surface area contributed by atoms with Crippen LogP contribution in [0.4, 0.5) is 5.69 Å². The third-order valence-electron chi connectivity index (χ3n) is 5.30. The molecular weight excluding hydrogens is 460 g/mol. The van der Waals surface area contributed by atoms with Crippen molar-refractivity contribution in [3.63, 3.8) is 0 Å². The number of amides is 1. The van der Waals surface area contributed by atoms with Gasteiger partial charge in [-0.15, -0.1) is 11.3 Å². The molecule has 0 fully saturated rings. The van der Waals surface area contributed by atoms with E-state index in [1.165, 1.54) is 23.1 Å². The van der Waals surface area contributed by atoms with E-state index < -0.39 is 0 Å². The highest BCUT2D eigenvalue weighted by Gasteiger charge is 2.12. The van der Waals surface area contributed by atoms with E-state index in [1.54, 1.807) is 12.1 Å². The van der Waals surface area contributed by atoms with Gasteiger partial charge in [-0.1, -0.05) is 84.6 Å². The summed E-state index contributed by atoms with van der Waals surface area (Å²) >= 11 is 2.96. The Bertz CT molecular complexity index is 1450. The monoisotopic (exact) mass is 480 g/mol. The Kier molecular flexibility index (Phi) is 6.51. The van der Waals surface area contributed by atoms with Crippen LogP contribution in [0.2, 0.25) is 0 Å². The molecule has 1 aromatic heterocycles. The molecule has 1 amide bonds. The van der Waals surface area contributed by atoms with Gasteiger partial charge in [0.05, 0.1) is 16.0 Å². The molecule has 0 saturated carbocycles. The minimum atomic E-state index is -0.150. The highest BCUT2D eigenvalue weighted by atomic mass is 32.2. The van der Waals surface area contributed by atoms with Gasteiger partial charge in [0, 0.05) is 16.8 Å². The number of nitrogens with zero attached hydrogens (tertiary/aromatic N) is 1. The molecule has 5 aromatic rings. The Balaban J connectivity index is 1.23. The standard InChI is InChI=1S/C28H20N2O2S2/c31-25(21-13-11-20(12-14-21)19-7-3-1-4-8-19)18-33-28-30-24-16-15-23(17-26(24)34-28)29-27(32)22-9-5-2-6-10-22/h1-17H,18H2,(H,29,32). The summed E-state index contributed by atoms with van der Waals surface area (Å²) in [5, 5.41) is 2.93. The number of aromatic nitrogens is 1. The number of carbonyl (C=O) groups is 2. The number of fused-ring (bicyclic) bond motifs is 1. The molecule has 0 radical (unpaired) electrons. The van der Waals surface area contributed by atoms with Gasteiger partial charge in [0.2, 0.25) is 0 Å². The van der Waals surface area contributed by atoms with E-state index in [0.29, 0.717) is 16.9 Å². The molecule has 6 heteroatoms. The fourth-order valence-electron chi connectivity index (χ4n) is 3.53. The zero-order chi connectivity index (χ0) is 23.3. The second-order valence-corrected chi connectivity index (χ2v) is 9.89. The average molecular weight is 481 g/mol. The number of benzene rings is 4. The fourth-order valence-corrected chi connectivity index (χ4v) is 5.53. The van der Waals surface area contributed by atoms with E-state index in [-0.39, 0.29) is 11.7 Å². The normalized spacial score (nSPS) is 10.8. The molecule has 1 N–H and O–H groups in total. The van der Waals surface area contributed by atoms with Crippen LogP contribution in [0.25, 0.3) is 21.3 Å². The zero-order valence-corrected chi connectivity index (χ0v) is 19.7. The van der Waals surface area contributed by atoms with E-state index in [1.807, 2.05) is 78.9 Å². The SMILES string of the molecule is O=C(CSc1nc2ccc(NC(=O)c3ccccc3)cc2s1)c1ccc(-c2ccccc2)cc1. The van der Waals surface area contributed by atoms with Crippen LogP contribution in [-0.2, 0) is 0 Å². The lowest BCUT2D eigenvalue weighted by molar-refractivity contribution is 0.101. The van der Waals surface area contributed by atoms with Crippen molar-refractivity contribution < 1.29 is 9.59 Å². The first-order chi connectivity index (χ1) is 16.7. The summed E-state index contributed by atoms with van der Waals surface area (Å²) in [5.74, 6) is 0.241. The van der Waals surface area contributed by atoms with Gasteiger partial charge in [-0.25, -0.2) is 4.98 Å². The zero-order valence-electron chi connectivity index (χ0n) is 18.1. The fraction of sp³-hybridized carbons (Fsp3) is 0.0357. The first-order valence-corrected chi connectivity index (χ1v) is 12.5. The van der Waals surface area contributed by atoms with Crippen molar-refractivity contribution in [1.29, 1.82) is 0 Å². The number of thioether (sulfide) groups is 1. The number of Topliss-reactive ketones (excluding diaryl/α,β-unsaturated/α-hetero) is 1. The number of carbonyl (C=O) groups excluding carboxylic acids is 2. The molecule has 34 heavy (non-hydrogen) atoms. The van der Waals surface area contributed by atoms with Crippen LogP contribution in [-0.4, -0.2) is 22.4 Å². The van der Waals surface area contributed by atoms with Gasteiger partial charge in [-0.3, -0.25) is 9.59 Å². The Labute approximate surface area is 205 Å². The topological polar surface area (TPSA) is 59.1 Å². The first kappa shape index (κ1) is 22.1. The lowest BCUT2D eigenvalue weighted by Gasteiger charge is -2.04. The summed E-state index contributed by atoms with van der Waals surface area (Å²) in [6.07, 6.45) is 0. The maximum atomic E-state index is 12.7. The number of ketones is 1. The van der Waals surface area contributed by atoms with Gasteiger partial charge in [-0.2, -0.15) is 0 Å². The van der Waals surface area contributed by atoms with Crippen molar-refractivity contribution in [2.24, 2.45) is 0 Å². The maximum Gasteiger partial charge on any atom is 0.255 e. The molecule has 0 aliphatic carbocycles. The molecule has 166 valence electrons. The number of anilines is 1. The molecule has 1 heterocycles. The molecule has 0 spiro atoms. The van der Waals surface area contributed by atoms with Gasteiger partial charge in [0.25, 0.3) is 5.91 Å². The third-order valence-corrected chi connectivity index (χ3v) is 7.46. The van der Waals surface area contributed by atoms with E-state index in [2.05, 4.69) is 22.4 Å². The number of thiazole rings is 1. The van der Waals surface area contributed by atoms with Crippen LogP contribution in [0, 0.1) is 0 Å². The summed E-state index contributed by atoms with van der Waals surface area (Å²) in [6, 6.07) is 32.6. The van der Waals surface area contributed by atoms with E-state index in [4.69, 9.17) is 0 Å². The molecule has 0 aliphatic heterocycles. The van der Waals surface area contributed by atoms with Crippen LogP contribution < -0.4 is 5.32 Å². The summed E-state index contributed by atoms with van der Waals surface area (Å²) in [7, 11) is 0. The van der Waals surface area contributed by atoms with Gasteiger partial charge >= 0.3 is 0 Å². The number of nitrogens with one attached hydrogen (secondary N) is 1. The first-order valence-electron chi connectivity index (χ1n) is 10.7. The molecular formula is C28H20N2O2S2. The number of hydrogen-bond donors (Lipinski definition) is 1. The summed E-state index contributed by atoms with van der Waals surface area (Å²) in [4.78, 5) is 29.7. The summed E-state index contributed by atoms with van der Waals surface area (Å²) in [5.41, 5.74) is 5.09. The predicted octanol–water partition coefficient (Wildman–Crippen LogP) is 7.19. The van der Waals surface area contributed by atoms with Crippen LogP contribution >= 0.6 is 23.1 Å². The maximum absolute atomic E-state index is 12.7. The highest BCUT2D eigenvalue weighted by Crippen LogP contribution is 2.32. The van der Waals surface area contributed by atoms with Crippen molar-refractivity contribution in [3.05, 3.63) is 114 Å². The third kappa shape index (κ3) is 5.09. The van der Waals surface area contributed by atoms with E-state index >= 15 is 0 Å². The van der Waals surface area contributed by atoms with Crippen molar-refractivity contribution in [1.82, 2.24) is 4.98 Å². The van der Waals surface area contributed by atoms with Crippen LogP contribution in [0.3, 0.4) is 0 Å². The van der Waals surface area contributed by atoms with Crippen molar-refractivity contribution >= 4 is 50.7 Å². The lowest BCUT2D eigenvalue weighted by Crippen LogP contribution is -2.11. The molecule has 0 unspecified atom stereocenters. The van der Waals surface area contributed by atoms with Crippen molar-refractivity contribution in [2.75, 3.05) is 11.1 Å². The van der Waals surface area contributed by atoms with Crippen molar-refractivity contribution in [3.8, 4) is 11.1 Å². The molecule has 4 aromatic carbocycles. The van der Waals surface area contributed by atoms with Crippen molar-refractivity contribution in [2.45, 2.75) is 4.34 Å². The van der Waals surface area contributed by atoms with Crippen LogP contribution in [0.1, 0.15) is 20.7 Å². The molecule has 5 rings (SSSR count). The highest BCUT2D eigenvalue weighted by molar-refractivity contribution is 8.01. The Morgan fingerprint density at radius 1 is 0.765 bits per heavy atom. The number of rotatable bonds is 7. The lowest BCUT2D eigenvalue weighted by atomic mass is 10.0. The molecule has 0 saturated heterocycles. The average Bonchev–Trinajstić information content (AvgIpc) is 3.30. The van der Waals surface area contributed by atoms with Crippen LogP contribution in [0.5, 0.6) is 0 Å². The van der Waals surface area contributed by atoms with Gasteiger partial charge < -0.3 is 5.32 Å². The minimum Gasteiger partial charge on any atom is -0.322 e. The number of hydrogen-bond acceptors (Lipinski definition) is 5. The minimum absolute atomic E-state index is 0.0691. The molecule has 0 bridgehead atoms.